The van der Waals surface area contributed by atoms with E-state index >= 15 is 0 Å². The fourth-order valence-corrected chi connectivity index (χ4v) is 3.76. The normalized spacial score (nSPS) is 14.6. The first-order valence-corrected chi connectivity index (χ1v) is 9.87. The van der Waals surface area contributed by atoms with E-state index in [4.69, 9.17) is 0 Å². The van der Waals surface area contributed by atoms with Gasteiger partial charge in [-0.1, -0.05) is 18.2 Å². The van der Waals surface area contributed by atoms with Gasteiger partial charge in [0.15, 0.2) is 0 Å². The average Bonchev–Trinajstić information content (AvgIpc) is 2.93. The number of nitrogens with zero attached hydrogens (tertiary/aromatic N) is 3. The number of likely N-dealkylation sites (N-methyl/N-ethyl adjacent to an activating group) is 2. The Hall–Kier alpha value is -3.45. The summed E-state index contributed by atoms with van der Waals surface area (Å²) in [5.41, 5.74) is 5.03. The van der Waals surface area contributed by atoms with Crippen molar-refractivity contribution < 1.29 is 9.59 Å². The highest BCUT2D eigenvalue weighted by atomic mass is 16.2. The van der Waals surface area contributed by atoms with Crippen molar-refractivity contribution in [2.24, 2.45) is 0 Å². The quantitative estimate of drug-likeness (QED) is 0.657. The molecule has 0 saturated carbocycles. The van der Waals surface area contributed by atoms with E-state index in [1.54, 1.807) is 30.3 Å². The number of hydrogen-bond acceptors (Lipinski definition) is 4. The number of carbonyl (C=O) groups excluding carboxylic acids is 2. The van der Waals surface area contributed by atoms with Gasteiger partial charge in [-0.3, -0.25) is 14.5 Å². The lowest BCUT2D eigenvalue weighted by Gasteiger charge is -2.15. The van der Waals surface area contributed by atoms with Crippen LogP contribution in [0.25, 0.3) is 17.0 Å². The van der Waals surface area contributed by atoms with Crippen molar-refractivity contribution in [2.75, 3.05) is 26.0 Å². The fraction of sp³-hybridized carbons (Fsp3) is 0.261. The Morgan fingerprint density at radius 1 is 1.30 bits per heavy atom. The Labute approximate surface area is 175 Å². The summed E-state index contributed by atoms with van der Waals surface area (Å²) in [6.45, 7) is 3.51. The molecule has 1 aliphatic rings. The van der Waals surface area contributed by atoms with Crippen molar-refractivity contribution in [1.82, 2.24) is 19.8 Å². The zero-order valence-electron chi connectivity index (χ0n) is 17.4. The third-order valence-corrected chi connectivity index (χ3v) is 5.32. The van der Waals surface area contributed by atoms with Gasteiger partial charge < -0.3 is 15.2 Å². The van der Waals surface area contributed by atoms with Crippen molar-refractivity contribution in [3.05, 3.63) is 65.0 Å². The van der Waals surface area contributed by atoms with E-state index < -0.39 is 0 Å². The molecule has 154 valence electrons. The molecule has 1 aromatic carbocycles. The molecule has 2 N–H and O–H groups in total. The van der Waals surface area contributed by atoms with E-state index in [0.717, 1.165) is 33.3 Å². The Kier molecular flexibility index (Phi) is 5.37. The van der Waals surface area contributed by atoms with Crippen LogP contribution in [0.4, 0.5) is 5.82 Å². The number of anilines is 1. The molecule has 0 fully saturated rings. The number of amides is 2. The molecule has 2 amide bonds. The summed E-state index contributed by atoms with van der Waals surface area (Å²) in [5.74, 6) is 0.427. The first-order chi connectivity index (χ1) is 14.4. The van der Waals surface area contributed by atoms with Crippen LogP contribution in [0.15, 0.2) is 42.6 Å². The van der Waals surface area contributed by atoms with Gasteiger partial charge in [-0.05, 0) is 43.3 Å². The first kappa shape index (κ1) is 19.8. The third kappa shape index (κ3) is 4.11. The SMILES string of the molecule is Cc1[nH]c2ccccc2c1CN(C)C(=O)/C=C/c1cnc2c(c1)CN(C)CC(=O)N2. The number of nitrogens with one attached hydrogen (secondary N) is 2. The second-order valence-corrected chi connectivity index (χ2v) is 7.80. The second kappa shape index (κ2) is 8.12. The largest absolute Gasteiger partial charge is 0.358 e. The number of aryl methyl sites for hydroxylation is 1. The van der Waals surface area contributed by atoms with Gasteiger partial charge in [0.05, 0.1) is 6.54 Å². The second-order valence-electron chi connectivity index (χ2n) is 7.80. The van der Waals surface area contributed by atoms with Crippen LogP contribution in [0.1, 0.15) is 22.4 Å². The highest BCUT2D eigenvalue weighted by Crippen LogP contribution is 2.23. The molecule has 0 radical (unpaired) electrons. The maximum absolute atomic E-state index is 12.7. The zero-order chi connectivity index (χ0) is 21.3. The van der Waals surface area contributed by atoms with Crippen LogP contribution in [0, 0.1) is 6.92 Å². The number of aromatic nitrogens is 2. The lowest BCUT2D eigenvalue weighted by atomic mass is 10.1. The summed E-state index contributed by atoms with van der Waals surface area (Å²) < 4.78 is 0. The van der Waals surface area contributed by atoms with Gasteiger partial charge in [-0.15, -0.1) is 0 Å². The number of para-hydroxylation sites is 1. The number of rotatable bonds is 4. The van der Waals surface area contributed by atoms with E-state index in [2.05, 4.69) is 21.4 Å². The minimum absolute atomic E-state index is 0.0728. The Balaban J connectivity index is 1.48. The fourth-order valence-electron chi connectivity index (χ4n) is 3.76. The summed E-state index contributed by atoms with van der Waals surface area (Å²) >= 11 is 0. The van der Waals surface area contributed by atoms with Crippen molar-refractivity contribution in [3.8, 4) is 0 Å². The molecule has 0 spiro atoms. The van der Waals surface area contributed by atoms with Crippen molar-refractivity contribution >= 4 is 34.6 Å². The minimum Gasteiger partial charge on any atom is -0.358 e. The lowest BCUT2D eigenvalue weighted by Crippen LogP contribution is -2.26. The van der Waals surface area contributed by atoms with Gasteiger partial charge in [0.25, 0.3) is 0 Å². The smallest absolute Gasteiger partial charge is 0.246 e. The number of carbonyl (C=O) groups is 2. The Bertz CT molecular complexity index is 1150. The molecule has 0 bridgehead atoms. The molecule has 0 saturated heterocycles. The van der Waals surface area contributed by atoms with Crippen LogP contribution >= 0.6 is 0 Å². The molecule has 2 aromatic heterocycles. The number of pyridine rings is 1. The average molecular weight is 403 g/mol. The van der Waals surface area contributed by atoms with Crippen molar-refractivity contribution in [2.45, 2.75) is 20.0 Å². The number of benzene rings is 1. The van der Waals surface area contributed by atoms with Gasteiger partial charge in [0.2, 0.25) is 11.8 Å². The summed E-state index contributed by atoms with van der Waals surface area (Å²) in [5, 5.41) is 3.95. The molecule has 7 heteroatoms. The molecular formula is C23H25N5O2. The van der Waals surface area contributed by atoms with Crippen molar-refractivity contribution in [3.63, 3.8) is 0 Å². The van der Waals surface area contributed by atoms with Crippen LogP contribution in [-0.2, 0) is 22.7 Å². The molecule has 0 aliphatic carbocycles. The monoisotopic (exact) mass is 403 g/mol. The number of H-pyrrole nitrogens is 1. The standard InChI is InChI=1S/C23H25N5O2/c1-15-19(18-6-4-5-7-20(18)25-15)13-28(3)22(30)9-8-16-10-17-12-27(2)14-21(29)26-23(17)24-11-16/h4-11,25H,12-14H2,1-3H3,(H,24,26,29)/b9-8+. The predicted molar refractivity (Wildman–Crippen MR) is 118 cm³/mol. The molecule has 0 atom stereocenters. The Morgan fingerprint density at radius 2 is 2.10 bits per heavy atom. The Morgan fingerprint density at radius 3 is 2.93 bits per heavy atom. The first-order valence-electron chi connectivity index (χ1n) is 9.87. The van der Waals surface area contributed by atoms with Gasteiger partial charge in [-0.2, -0.15) is 0 Å². The maximum atomic E-state index is 12.7. The molecule has 3 aromatic rings. The summed E-state index contributed by atoms with van der Waals surface area (Å²) in [6, 6.07) is 10.1. The van der Waals surface area contributed by atoms with Crippen molar-refractivity contribution in [1.29, 1.82) is 0 Å². The molecular weight excluding hydrogens is 378 g/mol. The van der Waals surface area contributed by atoms with E-state index in [1.165, 1.54) is 0 Å². The number of fused-ring (bicyclic) bond motifs is 2. The summed E-state index contributed by atoms with van der Waals surface area (Å²) in [4.78, 5) is 35.8. The third-order valence-electron chi connectivity index (χ3n) is 5.32. The maximum Gasteiger partial charge on any atom is 0.246 e. The van der Waals surface area contributed by atoms with Crippen LogP contribution in [0.3, 0.4) is 0 Å². The lowest BCUT2D eigenvalue weighted by molar-refractivity contribution is -0.125. The highest BCUT2D eigenvalue weighted by molar-refractivity contribution is 5.94. The number of hydrogen-bond donors (Lipinski definition) is 2. The predicted octanol–water partition coefficient (Wildman–Crippen LogP) is 2.93. The van der Waals surface area contributed by atoms with Gasteiger partial charge in [0, 0.05) is 54.6 Å². The summed E-state index contributed by atoms with van der Waals surface area (Å²) in [7, 11) is 3.69. The van der Waals surface area contributed by atoms with Crippen LogP contribution in [0.5, 0.6) is 0 Å². The van der Waals surface area contributed by atoms with Crippen LogP contribution in [0.2, 0.25) is 0 Å². The molecule has 1 aliphatic heterocycles. The van der Waals surface area contributed by atoms with Crippen LogP contribution in [-0.4, -0.2) is 52.2 Å². The van der Waals surface area contributed by atoms with Crippen LogP contribution < -0.4 is 5.32 Å². The van der Waals surface area contributed by atoms with Gasteiger partial charge in [0.1, 0.15) is 5.82 Å². The molecule has 7 nitrogen and oxygen atoms in total. The summed E-state index contributed by atoms with van der Waals surface area (Å²) in [6.07, 6.45) is 4.99. The zero-order valence-corrected chi connectivity index (χ0v) is 17.4. The van der Waals surface area contributed by atoms with E-state index in [1.807, 2.05) is 43.1 Å². The molecule has 30 heavy (non-hydrogen) atoms. The van der Waals surface area contributed by atoms with E-state index in [0.29, 0.717) is 25.5 Å². The molecule has 0 unspecified atom stereocenters. The van der Waals surface area contributed by atoms with Gasteiger partial charge >= 0.3 is 0 Å². The van der Waals surface area contributed by atoms with E-state index in [-0.39, 0.29) is 11.8 Å². The number of aromatic amines is 1. The van der Waals surface area contributed by atoms with Gasteiger partial charge in [-0.25, -0.2) is 4.98 Å². The topological polar surface area (TPSA) is 81.3 Å². The highest BCUT2D eigenvalue weighted by Gasteiger charge is 2.17. The minimum atomic E-state index is -0.0833. The van der Waals surface area contributed by atoms with E-state index in [9.17, 15) is 9.59 Å². The molecule has 3 heterocycles. The molecule has 4 rings (SSSR count).